The van der Waals surface area contributed by atoms with E-state index >= 15 is 0 Å². The second-order valence-corrected chi connectivity index (χ2v) is 11.0. The monoisotopic (exact) mass is 554 g/mol. The molecule has 1 atom stereocenters. The zero-order chi connectivity index (χ0) is 29.1. The Morgan fingerprint density at radius 1 is 1.32 bits per heavy atom. The lowest BCUT2D eigenvalue weighted by atomic mass is 9.97. The molecule has 0 aliphatic carbocycles. The number of amides is 2. The van der Waals surface area contributed by atoms with Crippen LogP contribution in [0.1, 0.15) is 46.9 Å². The predicted octanol–water partition coefficient (Wildman–Crippen LogP) is 4.40. The highest BCUT2D eigenvalue weighted by Gasteiger charge is 2.37. The van der Waals surface area contributed by atoms with Gasteiger partial charge in [-0.25, -0.2) is 4.39 Å². The third kappa shape index (κ3) is 5.74. The van der Waals surface area contributed by atoms with Gasteiger partial charge in [0.2, 0.25) is 5.91 Å². The van der Waals surface area contributed by atoms with Gasteiger partial charge in [-0.1, -0.05) is 24.0 Å². The van der Waals surface area contributed by atoms with Crippen LogP contribution in [0.2, 0.25) is 0 Å². The first-order valence-electron chi connectivity index (χ1n) is 13.8. The van der Waals surface area contributed by atoms with Crippen LogP contribution in [0, 0.1) is 24.6 Å². The minimum atomic E-state index is -0.624. The summed E-state index contributed by atoms with van der Waals surface area (Å²) < 4.78 is 14.4. The number of fused-ring (bicyclic) bond motifs is 1. The lowest BCUT2D eigenvalue weighted by Crippen LogP contribution is -2.43. The number of H-pyrrole nitrogens is 1. The van der Waals surface area contributed by atoms with Crippen molar-refractivity contribution < 1.29 is 14.0 Å². The summed E-state index contributed by atoms with van der Waals surface area (Å²) >= 11 is 0. The molecule has 1 fully saturated rings. The Kier molecular flexibility index (Phi) is 7.95. The largest absolute Gasteiger partial charge is 0.356 e. The number of rotatable bonds is 6. The number of nitrogens with zero attached hydrogens (tertiary/aromatic N) is 3. The summed E-state index contributed by atoms with van der Waals surface area (Å²) in [5.41, 5.74) is 4.39. The highest BCUT2D eigenvalue weighted by atomic mass is 19.1. The normalized spacial score (nSPS) is 18.3. The minimum absolute atomic E-state index is 0.0486. The molecule has 9 heteroatoms. The van der Waals surface area contributed by atoms with Gasteiger partial charge in [0.25, 0.3) is 5.91 Å². The number of benzene rings is 1. The highest BCUT2D eigenvalue weighted by Crippen LogP contribution is 2.39. The van der Waals surface area contributed by atoms with Crippen LogP contribution in [0.3, 0.4) is 0 Å². The molecule has 2 aliphatic rings. The number of anilines is 2. The van der Waals surface area contributed by atoms with Crippen molar-refractivity contribution in [2.24, 2.45) is 0 Å². The van der Waals surface area contributed by atoms with Gasteiger partial charge in [0.05, 0.1) is 22.5 Å². The Hall–Kier alpha value is -4.42. The van der Waals surface area contributed by atoms with Gasteiger partial charge in [-0.3, -0.25) is 14.6 Å². The number of likely N-dealkylation sites (N-methyl/N-ethyl adjacent to an activating group) is 1. The smallest absolute Gasteiger partial charge is 0.255 e. The lowest BCUT2D eigenvalue weighted by Gasteiger charge is -2.29. The molecule has 0 saturated carbocycles. The molecule has 0 spiro atoms. The van der Waals surface area contributed by atoms with Gasteiger partial charge in [-0.15, -0.1) is 0 Å². The molecule has 212 valence electrons. The predicted molar refractivity (Wildman–Crippen MR) is 158 cm³/mol. The topological polar surface area (TPSA) is 93.4 Å². The van der Waals surface area contributed by atoms with Gasteiger partial charge < -0.3 is 25.4 Å². The van der Waals surface area contributed by atoms with Crippen molar-refractivity contribution in [1.29, 1.82) is 0 Å². The van der Waals surface area contributed by atoms with Gasteiger partial charge in [0.15, 0.2) is 0 Å². The van der Waals surface area contributed by atoms with E-state index in [9.17, 15) is 14.0 Å². The SMILES string of the molecule is Cc1c(F)cccc1Nc1c(-c2ccncc2C#C[C@@]2(C)CCCN2C(=O)/C=C/CN(C)C)[nH]c2c1C(=O)NCC2. The van der Waals surface area contributed by atoms with E-state index in [0.29, 0.717) is 59.8 Å². The molecule has 4 heterocycles. The van der Waals surface area contributed by atoms with Crippen molar-refractivity contribution in [1.82, 2.24) is 25.1 Å². The van der Waals surface area contributed by atoms with E-state index in [0.717, 1.165) is 24.1 Å². The van der Waals surface area contributed by atoms with Crippen LogP contribution in [0.25, 0.3) is 11.3 Å². The van der Waals surface area contributed by atoms with Gasteiger partial charge >= 0.3 is 0 Å². The number of pyridine rings is 1. The first kappa shape index (κ1) is 28.1. The number of halogens is 1. The summed E-state index contributed by atoms with van der Waals surface area (Å²) in [5.74, 6) is 6.11. The molecule has 3 aromatic rings. The fourth-order valence-electron chi connectivity index (χ4n) is 5.40. The Morgan fingerprint density at radius 2 is 2.15 bits per heavy atom. The molecule has 1 saturated heterocycles. The van der Waals surface area contributed by atoms with E-state index in [1.165, 1.54) is 6.07 Å². The van der Waals surface area contributed by atoms with E-state index in [4.69, 9.17) is 0 Å². The molecule has 3 N–H and O–H groups in total. The van der Waals surface area contributed by atoms with Crippen LogP contribution in [-0.4, -0.2) is 70.9 Å². The molecule has 8 nitrogen and oxygen atoms in total. The van der Waals surface area contributed by atoms with Gasteiger partial charge in [0, 0.05) is 67.0 Å². The van der Waals surface area contributed by atoms with Gasteiger partial charge in [-0.2, -0.15) is 0 Å². The summed E-state index contributed by atoms with van der Waals surface area (Å²) in [7, 11) is 3.91. The molecule has 0 unspecified atom stereocenters. The first-order valence-corrected chi connectivity index (χ1v) is 13.8. The molecule has 2 amide bonds. The summed E-state index contributed by atoms with van der Waals surface area (Å²) in [4.78, 5) is 37.6. The van der Waals surface area contributed by atoms with Gasteiger partial charge in [0.1, 0.15) is 11.4 Å². The number of nitrogens with one attached hydrogen (secondary N) is 3. The summed E-state index contributed by atoms with van der Waals surface area (Å²) in [5, 5.41) is 6.25. The maximum absolute atomic E-state index is 14.4. The van der Waals surface area contributed by atoms with Gasteiger partial charge in [-0.05, 0) is 59.0 Å². The molecule has 2 aromatic heterocycles. The van der Waals surface area contributed by atoms with Crippen molar-refractivity contribution >= 4 is 23.2 Å². The zero-order valence-corrected chi connectivity index (χ0v) is 23.9. The van der Waals surface area contributed by atoms with Crippen LogP contribution in [0.15, 0.2) is 48.8 Å². The molecule has 5 rings (SSSR count). The number of hydrogen-bond donors (Lipinski definition) is 3. The maximum atomic E-state index is 14.4. The Labute approximate surface area is 240 Å². The fraction of sp³-hybridized carbons (Fsp3) is 0.344. The third-order valence-electron chi connectivity index (χ3n) is 7.69. The first-order chi connectivity index (χ1) is 19.7. The third-order valence-corrected chi connectivity index (χ3v) is 7.69. The fourth-order valence-corrected chi connectivity index (χ4v) is 5.40. The Balaban J connectivity index is 1.54. The zero-order valence-electron chi connectivity index (χ0n) is 23.9. The number of hydrogen-bond acceptors (Lipinski definition) is 5. The molecular formula is C32H35FN6O2. The number of aromatic nitrogens is 2. The lowest BCUT2D eigenvalue weighted by molar-refractivity contribution is -0.128. The van der Waals surface area contributed by atoms with Crippen LogP contribution < -0.4 is 10.6 Å². The van der Waals surface area contributed by atoms with E-state index in [2.05, 4.69) is 32.4 Å². The van der Waals surface area contributed by atoms with Crippen molar-refractivity contribution in [2.45, 2.75) is 38.6 Å². The van der Waals surface area contributed by atoms with Crippen molar-refractivity contribution in [3.8, 4) is 23.1 Å². The van der Waals surface area contributed by atoms with Crippen molar-refractivity contribution in [3.63, 3.8) is 0 Å². The Morgan fingerprint density at radius 3 is 2.95 bits per heavy atom. The van der Waals surface area contributed by atoms with E-state index in [1.54, 1.807) is 37.5 Å². The number of likely N-dealkylation sites (tertiary alicyclic amines) is 1. The standard InChI is InChI=1S/C32H35FN6O2/c1-21-24(33)8-5-9-25(21)36-30-28-26(13-17-35-31(28)41)37-29(30)23-12-16-34-20-22(23)11-15-32(2)14-7-19-39(32)27(40)10-6-18-38(3)4/h5-6,8-10,12,16,20,36-37H,7,13-14,17-19H2,1-4H3,(H,35,41)/b10-6+/t32-/m1/s1. The van der Waals surface area contributed by atoms with Crippen molar-refractivity contribution in [2.75, 3.05) is 39.0 Å². The second kappa shape index (κ2) is 11.6. The Bertz CT molecular complexity index is 1580. The number of aromatic amines is 1. The number of carbonyl (C=O) groups excluding carboxylic acids is 2. The van der Waals surface area contributed by atoms with Crippen molar-refractivity contribution in [3.05, 3.63) is 77.0 Å². The second-order valence-electron chi connectivity index (χ2n) is 11.0. The number of carbonyl (C=O) groups is 2. The molecule has 0 bridgehead atoms. The van der Waals surface area contributed by atoms with Crippen LogP contribution in [-0.2, 0) is 11.2 Å². The highest BCUT2D eigenvalue weighted by molar-refractivity contribution is 6.06. The summed E-state index contributed by atoms with van der Waals surface area (Å²) in [6, 6.07) is 6.69. The summed E-state index contributed by atoms with van der Waals surface area (Å²) in [6.45, 7) is 5.56. The van der Waals surface area contributed by atoms with E-state index in [-0.39, 0.29) is 17.6 Å². The average molecular weight is 555 g/mol. The maximum Gasteiger partial charge on any atom is 0.255 e. The van der Waals surface area contributed by atoms with E-state index < -0.39 is 5.54 Å². The van der Waals surface area contributed by atoms with E-state index in [1.807, 2.05) is 43.0 Å². The molecular weight excluding hydrogens is 519 g/mol. The molecule has 1 aromatic carbocycles. The molecule has 2 aliphatic heterocycles. The minimum Gasteiger partial charge on any atom is -0.356 e. The molecule has 0 radical (unpaired) electrons. The average Bonchev–Trinajstić information content (AvgIpc) is 3.51. The van der Waals surface area contributed by atoms with Crippen LogP contribution in [0.5, 0.6) is 0 Å². The quantitative estimate of drug-likeness (QED) is 0.310. The summed E-state index contributed by atoms with van der Waals surface area (Å²) in [6.07, 6.45) is 9.15. The van der Waals surface area contributed by atoms with Crippen LogP contribution in [0.4, 0.5) is 15.8 Å². The van der Waals surface area contributed by atoms with Crippen LogP contribution >= 0.6 is 0 Å². The molecule has 41 heavy (non-hydrogen) atoms.